The van der Waals surface area contributed by atoms with Gasteiger partial charge in [-0.25, -0.2) is 9.97 Å². The zero-order chi connectivity index (χ0) is 28.1. The van der Waals surface area contributed by atoms with Crippen LogP contribution >= 0.6 is 22.7 Å². The number of benzene rings is 4. The third kappa shape index (κ3) is 5.07. The highest BCUT2D eigenvalue weighted by molar-refractivity contribution is 7.22. The average molecular weight is 567 g/mol. The third-order valence-corrected chi connectivity index (χ3v) is 9.13. The van der Waals surface area contributed by atoms with Gasteiger partial charge in [-0.3, -0.25) is 0 Å². The van der Waals surface area contributed by atoms with E-state index in [4.69, 9.17) is 15.7 Å². The lowest BCUT2D eigenvalue weighted by Crippen LogP contribution is -2.32. The van der Waals surface area contributed by atoms with E-state index < -0.39 is 11.2 Å². The molecule has 0 saturated carbocycles. The average Bonchev–Trinajstić information content (AvgIpc) is 3.55. The number of rotatable bonds is 7. The minimum Gasteiger partial charge on any atom is -0.398 e. The summed E-state index contributed by atoms with van der Waals surface area (Å²) in [7, 11) is 0. The van der Waals surface area contributed by atoms with Crippen LogP contribution in [0.4, 0.5) is 11.4 Å². The molecule has 6 aromatic rings. The topological polar surface area (TPSA) is 104 Å². The number of nitrogens with two attached hydrogens (primary N) is 1. The van der Waals surface area contributed by atoms with Crippen molar-refractivity contribution in [2.75, 3.05) is 17.6 Å². The van der Waals surface area contributed by atoms with Gasteiger partial charge in [0.2, 0.25) is 0 Å². The van der Waals surface area contributed by atoms with Gasteiger partial charge in [0.25, 0.3) is 0 Å². The van der Waals surface area contributed by atoms with Gasteiger partial charge >= 0.3 is 0 Å². The molecular weight excluding hydrogens is 537 g/mol. The third-order valence-electron chi connectivity index (χ3n) is 6.99. The van der Waals surface area contributed by atoms with Crippen LogP contribution in [0.1, 0.15) is 31.9 Å². The maximum Gasteiger partial charge on any atom is 0.124 e. The van der Waals surface area contributed by atoms with Crippen LogP contribution in [0.3, 0.4) is 0 Å². The second-order valence-corrected chi connectivity index (χ2v) is 12.8. The number of aliphatic hydroxyl groups is 2. The number of fused-ring (bicyclic) bond motifs is 2. The Labute approximate surface area is 240 Å². The largest absolute Gasteiger partial charge is 0.398 e. The molecule has 0 aliphatic carbocycles. The maximum absolute atomic E-state index is 11.6. The van der Waals surface area contributed by atoms with Crippen molar-refractivity contribution in [3.63, 3.8) is 0 Å². The summed E-state index contributed by atoms with van der Waals surface area (Å²) >= 11 is 3.17. The molecule has 1 atom stereocenters. The first-order chi connectivity index (χ1) is 19.1. The van der Waals surface area contributed by atoms with Gasteiger partial charge in [-0.2, -0.15) is 0 Å². The Hall–Kier alpha value is -3.82. The van der Waals surface area contributed by atoms with Gasteiger partial charge in [0.1, 0.15) is 15.6 Å². The summed E-state index contributed by atoms with van der Waals surface area (Å²) in [5, 5.41) is 27.9. The van der Waals surface area contributed by atoms with Crippen molar-refractivity contribution in [2.45, 2.75) is 32.0 Å². The summed E-state index contributed by atoms with van der Waals surface area (Å²) in [5.41, 5.74) is 10.3. The Kier molecular flexibility index (Phi) is 6.59. The number of nitrogen functional groups attached to an aromatic ring is 1. The van der Waals surface area contributed by atoms with Crippen molar-refractivity contribution in [3.05, 3.63) is 96.1 Å². The van der Waals surface area contributed by atoms with Crippen LogP contribution < -0.4 is 11.1 Å². The van der Waals surface area contributed by atoms with Gasteiger partial charge in [0.15, 0.2) is 0 Å². The monoisotopic (exact) mass is 566 g/mol. The Morgan fingerprint density at radius 1 is 0.725 bits per heavy atom. The maximum atomic E-state index is 11.6. The second-order valence-electron chi connectivity index (χ2n) is 10.7. The zero-order valence-corrected chi connectivity index (χ0v) is 24.1. The van der Waals surface area contributed by atoms with E-state index in [0.717, 1.165) is 47.3 Å². The molecule has 0 radical (unpaired) electrons. The van der Waals surface area contributed by atoms with E-state index in [9.17, 15) is 10.2 Å². The summed E-state index contributed by atoms with van der Waals surface area (Å²) < 4.78 is 1.95. The molecule has 0 aliphatic heterocycles. The number of nitrogens with zero attached hydrogens (tertiary/aromatic N) is 2. The highest BCUT2D eigenvalue weighted by Gasteiger charge is 2.29. The number of anilines is 2. The van der Waals surface area contributed by atoms with E-state index in [1.165, 1.54) is 0 Å². The van der Waals surface area contributed by atoms with E-state index in [2.05, 4.69) is 5.32 Å². The first kappa shape index (κ1) is 26.4. The predicted octanol–water partition coefficient (Wildman–Crippen LogP) is 7.37. The van der Waals surface area contributed by atoms with Crippen molar-refractivity contribution in [2.24, 2.45) is 0 Å². The van der Waals surface area contributed by atoms with Crippen LogP contribution in [0, 0.1) is 0 Å². The van der Waals surface area contributed by atoms with Gasteiger partial charge in [-0.05, 0) is 45.0 Å². The second kappa shape index (κ2) is 9.98. The van der Waals surface area contributed by atoms with Crippen LogP contribution in [0.5, 0.6) is 0 Å². The summed E-state index contributed by atoms with van der Waals surface area (Å²) in [5.74, 6) is 0. The Bertz CT molecular complexity index is 1820. The first-order valence-electron chi connectivity index (χ1n) is 13.0. The fraction of sp³-hybridized carbons (Fsp3) is 0.188. The van der Waals surface area contributed by atoms with Crippen LogP contribution in [0.25, 0.3) is 41.6 Å². The molecule has 4 aromatic carbocycles. The van der Waals surface area contributed by atoms with Crippen LogP contribution in [-0.2, 0) is 11.2 Å². The Morgan fingerprint density at radius 2 is 1.25 bits per heavy atom. The minimum absolute atomic E-state index is 0.186. The summed E-state index contributed by atoms with van der Waals surface area (Å²) in [4.78, 5) is 9.59. The molecule has 1 unspecified atom stereocenters. The molecule has 202 valence electrons. The normalized spacial score (nSPS) is 13.5. The van der Waals surface area contributed by atoms with Crippen LogP contribution in [-0.4, -0.2) is 26.7 Å². The van der Waals surface area contributed by atoms with Crippen molar-refractivity contribution in [1.82, 2.24) is 9.97 Å². The molecule has 0 fully saturated rings. The quantitative estimate of drug-likeness (QED) is 0.150. The molecule has 0 aliphatic rings. The van der Waals surface area contributed by atoms with Gasteiger partial charge in [0, 0.05) is 40.2 Å². The van der Waals surface area contributed by atoms with Crippen molar-refractivity contribution in [3.8, 4) is 21.1 Å². The summed E-state index contributed by atoms with van der Waals surface area (Å²) in [6, 6.07) is 27.8. The molecule has 2 aromatic heterocycles. The molecule has 0 bridgehead atoms. The molecule has 6 nitrogen and oxygen atoms in total. The molecule has 0 saturated heterocycles. The van der Waals surface area contributed by atoms with E-state index >= 15 is 0 Å². The van der Waals surface area contributed by atoms with Gasteiger partial charge < -0.3 is 21.3 Å². The zero-order valence-electron chi connectivity index (χ0n) is 22.5. The first-order valence-corrected chi connectivity index (χ1v) is 14.7. The van der Waals surface area contributed by atoms with Gasteiger partial charge in [-0.15, -0.1) is 22.7 Å². The van der Waals surface area contributed by atoms with Crippen molar-refractivity contribution < 1.29 is 10.2 Å². The highest BCUT2D eigenvalue weighted by Crippen LogP contribution is 2.39. The molecule has 6 rings (SSSR count). The molecule has 8 heteroatoms. The molecular formula is C32H30N4O2S2. The van der Waals surface area contributed by atoms with E-state index in [1.54, 1.807) is 43.4 Å². The smallest absolute Gasteiger partial charge is 0.124 e. The molecule has 2 heterocycles. The number of aromatic nitrogens is 2. The van der Waals surface area contributed by atoms with E-state index in [0.29, 0.717) is 16.8 Å². The van der Waals surface area contributed by atoms with Crippen molar-refractivity contribution >= 4 is 54.5 Å². The van der Waals surface area contributed by atoms with E-state index in [-0.39, 0.29) is 6.54 Å². The predicted molar refractivity (Wildman–Crippen MR) is 168 cm³/mol. The molecule has 0 amide bonds. The SMILES string of the molecule is CC(C)(O)c1cc2nc(-c3ccccc3)sc2cc1NCC(C)(O)c1cc2sc(-c3ccccc3)nc2cc1N. The van der Waals surface area contributed by atoms with Crippen molar-refractivity contribution in [1.29, 1.82) is 0 Å². The number of thiazole rings is 2. The lowest BCUT2D eigenvalue weighted by Gasteiger charge is -2.28. The number of nitrogens with one attached hydrogen (secondary N) is 1. The molecule has 5 N–H and O–H groups in total. The summed E-state index contributed by atoms with van der Waals surface area (Å²) in [6.45, 7) is 5.44. The van der Waals surface area contributed by atoms with Gasteiger partial charge in [-0.1, -0.05) is 60.7 Å². The van der Waals surface area contributed by atoms with Crippen LogP contribution in [0.2, 0.25) is 0 Å². The Balaban J connectivity index is 1.32. The van der Waals surface area contributed by atoms with E-state index in [1.807, 2.05) is 84.9 Å². The Morgan fingerprint density at radius 3 is 1.80 bits per heavy atom. The minimum atomic E-state index is -1.29. The standard InChI is InChI=1S/C32H30N4O2S2/c1-31(2,37)22-14-25-28(40-29(35-25)19-10-6-4-7-11-19)17-24(22)34-18-32(3,38)21-15-27-26(16-23(21)33)36-30(39-27)20-12-8-5-9-13-20/h4-17,34,37-38H,18,33H2,1-3H3. The lowest BCUT2D eigenvalue weighted by molar-refractivity contribution is 0.0706. The molecule has 40 heavy (non-hydrogen) atoms. The number of hydrogen-bond acceptors (Lipinski definition) is 8. The fourth-order valence-corrected chi connectivity index (χ4v) is 6.84. The van der Waals surface area contributed by atoms with Crippen LogP contribution in [0.15, 0.2) is 84.9 Å². The summed E-state index contributed by atoms with van der Waals surface area (Å²) in [6.07, 6.45) is 0. The molecule has 0 spiro atoms. The fourth-order valence-electron chi connectivity index (χ4n) is 4.85. The van der Waals surface area contributed by atoms with Gasteiger partial charge in [0.05, 0.1) is 26.0 Å². The lowest BCUT2D eigenvalue weighted by atomic mass is 9.92. The number of hydrogen-bond donors (Lipinski definition) is 4. The highest BCUT2D eigenvalue weighted by atomic mass is 32.1.